The molecule has 1 aromatic carbocycles. The summed E-state index contributed by atoms with van der Waals surface area (Å²) in [7, 11) is 3.85. The minimum absolute atomic E-state index is 0.162. The molecule has 0 saturated heterocycles. The van der Waals surface area contributed by atoms with Gasteiger partial charge >= 0.3 is 0 Å². The summed E-state index contributed by atoms with van der Waals surface area (Å²) < 4.78 is 0. The van der Waals surface area contributed by atoms with Crippen molar-refractivity contribution in [2.24, 2.45) is 5.92 Å². The molecule has 2 aromatic heterocycles. The molecule has 1 aliphatic carbocycles. The van der Waals surface area contributed by atoms with E-state index in [0.717, 1.165) is 40.8 Å². The number of hydrogen-bond donors (Lipinski definition) is 1. The van der Waals surface area contributed by atoms with Crippen LogP contribution in [0.15, 0.2) is 55.0 Å². The van der Waals surface area contributed by atoms with Crippen LogP contribution in [0.4, 0.5) is 5.95 Å². The van der Waals surface area contributed by atoms with E-state index in [1.54, 1.807) is 12.4 Å². The lowest BCUT2D eigenvalue weighted by Crippen LogP contribution is -2.24. The Morgan fingerprint density at radius 3 is 2.43 bits per heavy atom. The quantitative estimate of drug-likeness (QED) is 0.718. The fraction of sp³-hybridized carbons (Fsp3) is 0.273. The zero-order chi connectivity index (χ0) is 19.5. The molecule has 28 heavy (non-hydrogen) atoms. The fourth-order valence-electron chi connectivity index (χ4n) is 3.01. The van der Waals surface area contributed by atoms with Gasteiger partial charge in [-0.15, -0.1) is 0 Å². The Bertz CT molecular complexity index is 966. The minimum Gasteiger partial charge on any atom is -0.352 e. The smallest absolute Gasteiger partial charge is 0.225 e. The SMILES string of the molecule is CN(C)c1ncc(-c2ccncc2)c(-c2ccc(CNC(=O)C3CC3)cc2)n1. The van der Waals surface area contributed by atoms with E-state index in [1.165, 1.54) is 0 Å². The molecule has 0 unspecified atom stereocenters. The number of nitrogens with zero attached hydrogens (tertiary/aromatic N) is 4. The van der Waals surface area contributed by atoms with E-state index >= 15 is 0 Å². The number of anilines is 1. The highest BCUT2D eigenvalue weighted by Gasteiger charge is 2.29. The van der Waals surface area contributed by atoms with E-state index in [4.69, 9.17) is 4.98 Å². The molecule has 2 heterocycles. The molecule has 0 aliphatic heterocycles. The number of rotatable bonds is 6. The zero-order valence-corrected chi connectivity index (χ0v) is 16.1. The van der Waals surface area contributed by atoms with Gasteiger partial charge < -0.3 is 10.2 Å². The molecule has 6 nitrogen and oxygen atoms in total. The van der Waals surface area contributed by atoms with Crippen molar-refractivity contribution in [3.8, 4) is 22.4 Å². The number of aromatic nitrogens is 3. The third-order valence-corrected chi connectivity index (χ3v) is 4.81. The molecule has 1 saturated carbocycles. The van der Waals surface area contributed by atoms with Gasteiger partial charge in [0, 0.05) is 56.3 Å². The fourth-order valence-corrected chi connectivity index (χ4v) is 3.01. The summed E-state index contributed by atoms with van der Waals surface area (Å²) in [5.74, 6) is 1.05. The summed E-state index contributed by atoms with van der Waals surface area (Å²) in [5.41, 5.74) is 4.94. The molecular formula is C22H23N5O. The maximum Gasteiger partial charge on any atom is 0.225 e. The maximum absolute atomic E-state index is 11.8. The lowest BCUT2D eigenvalue weighted by molar-refractivity contribution is -0.122. The number of benzene rings is 1. The van der Waals surface area contributed by atoms with Crippen LogP contribution < -0.4 is 10.2 Å². The number of carbonyl (C=O) groups excluding carboxylic acids is 1. The number of amides is 1. The van der Waals surface area contributed by atoms with Crippen molar-refractivity contribution >= 4 is 11.9 Å². The van der Waals surface area contributed by atoms with Crippen LogP contribution >= 0.6 is 0 Å². The van der Waals surface area contributed by atoms with Crippen molar-refractivity contribution < 1.29 is 4.79 Å². The molecule has 6 heteroatoms. The lowest BCUT2D eigenvalue weighted by Gasteiger charge is -2.15. The summed E-state index contributed by atoms with van der Waals surface area (Å²) in [4.78, 5) is 27.1. The third kappa shape index (κ3) is 4.01. The molecule has 0 radical (unpaired) electrons. The predicted molar refractivity (Wildman–Crippen MR) is 110 cm³/mol. The molecule has 1 fully saturated rings. The third-order valence-electron chi connectivity index (χ3n) is 4.81. The minimum atomic E-state index is 0.162. The van der Waals surface area contributed by atoms with E-state index in [9.17, 15) is 4.79 Å². The Morgan fingerprint density at radius 2 is 1.79 bits per heavy atom. The highest BCUT2D eigenvalue weighted by atomic mass is 16.2. The normalized spacial score (nSPS) is 13.2. The first kappa shape index (κ1) is 18.1. The van der Waals surface area contributed by atoms with E-state index < -0.39 is 0 Å². The van der Waals surface area contributed by atoms with Crippen molar-refractivity contribution in [2.75, 3.05) is 19.0 Å². The first-order chi connectivity index (χ1) is 13.6. The number of carbonyl (C=O) groups is 1. The van der Waals surface area contributed by atoms with Gasteiger partial charge in [0.1, 0.15) is 0 Å². The van der Waals surface area contributed by atoms with Crippen molar-refractivity contribution in [3.63, 3.8) is 0 Å². The van der Waals surface area contributed by atoms with Crippen LogP contribution in [0.5, 0.6) is 0 Å². The molecule has 0 spiro atoms. The number of pyridine rings is 1. The molecule has 4 rings (SSSR count). The molecule has 1 amide bonds. The molecule has 0 bridgehead atoms. The van der Waals surface area contributed by atoms with Crippen LogP contribution in [0.2, 0.25) is 0 Å². The first-order valence-corrected chi connectivity index (χ1v) is 9.43. The summed E-state index contributed by atoms with van der Waals surface area (Å²) in [6.45, 7) is 0.555. The van der Waals surface area contributed by atoms with Crippen LogP contribution in [0.3, 0.4) is 0 Å². The van der Waals surface area contributed by atoms with Gasteiger partial charge in [0.25, 0.3) is 0 Å². The summed E-state index contributed by atoms with van der Waals surface area (Å²) in [5, 5.41) is 3.00. The lowest BCUT2D eigenvalue weighted by atomic mass is 10.0. The van der Waals surface area contributed by atoms with Gasteiger partial charge in [-0.05, 0) is 36.1 Å². The second-order valence-electron chi connectivity index (χ2n) is 7.25. The van der Waals surface area contributed by atoms with Crippen molar-refractivity contribution in [3.05, 3.63) is 60.6 Å². The van der Waals surface area contributed by atoms with Gasteiger partial charge in [-0.1, -0.05) is 24.3 Å². The predicted octanol–water partition coefficient (Wildman–Crippen LogP) is 3.30. The van der Waals surface area contributed by atoms with Gasteiger partial charge in [-0.3, -0.25) is 9.78 Å². The Hall–Kier alpha value is -3.28. The van der Waals surface area contributed by atoms with Gasteiger partial charge in [0.15, 0.2) is 0 Å². The summed E-state index contributed by atoms with van der Waals surface area (Å²) in [6.07, 6.45) is 7.43. The van der Waals surface area contributed by atoms with Crippen LogP contribution in [0.1, 0.15) is 18.4 Å². The van der Waals surface area contributed by atoms with Crippen molar-refractivity contribution in [1.82, 2.24) is 20.3 Å². The standard InChI is InChI=1S/C22H23N5O/c1-27(2)22-25-14-19(16-9-11-23-12-10-16)20(26-22)17-5-3-15(4-6-17)13-24-21(28)18-7-8-18/h3-6,9-12,14,18H,7-8,13H2,1-2H3,(H,24,28). The van der Waals surface area contributed by atoms with E-state index in [1.807, 2.05) is 61.6 Å². The van der Waals surface area contributed by atoms with Crippen LogP contribution in [-0.4, -0.2) is 35.0 Å². The number of hydrogen-bond acceptors (Lipinski definition) is 5. The maximum atomic E-state index is 11.8. The van der Waals surface area contributed by atoms with Gasteiger partial charge in [0.2, 0.25) is 11.9 Å². The number of nitrogens with one attached hydrogen (secondary N) is 1. The molecule has 1 N–H and O–H groups in total. The van der Waals surface area contributed by atoms with Gasteiger partial charge in [-0.25, -0.2) is 9.97 Å². The monoisotopic (exact) mass is 373 g/mol. The molecule has 142 valence electrons. The average Bonchev–Trinajstić information content (AvgIpc) is 3.58. The Morgan fingerprint density at radius 1 is 1.07 bits per heavy atom. The Balaban J connectivity index is 1.63. The largest absolute Gasteiger partial charge is 0.352 e. The van der Waals surface area contributed by atoms with Crippen molar-refractivity contribution in [2.45, 2.75) is 19.4 Å². The Kier molecular flexibility index (Phi) is 5.02. The highest BCUT2D eigenvalue weighted by Crippen LogP contribution is 2.31. The highest BCUT2D eigenvalue weighted by molar-refractivity contribution is 5.81. The molecule has 3 aromatic rings. The molecule has 0 atom stereocenters. The van der Waals surface area contributed by atoms with E-state index in [2.05, 4.69) is 15.3 Å². The van der Waals surface area contributed by atoms with E-state index in [-0.39, 0.29) is 11.8 Å². The van der Waals surface area contributed by atoms with Gasteiger partial charge in [-0.2, -0.15) is 0 Å². The summed E-state index contributed by atoms with van der Waals surface area (Å²) >= 11 is 0. The second-order valence-corrected chi connectivity index (χ2v) is 7.25. The Labute approximate surface area is 164 Å². The van der Waals surface area contributed by atoms with Crippen LogP contribution in [-0.2, 0) is 11.3 Å². The first-order valence-electron chi connectivity index (χ1n) is 9.43. The second kappa shape index (κ2) is 7.76. The van der Waals surface area contributed by atoms with Crippen molar-refractivity contribution in [1.29, 1.82) is 0 Å². The molecular weight excluding hydrogens is 350 g/mol. The topological polar surface area (TPSA) is 71.0 Å². The molecule has 1 aliphatic rings. The van der Waals surface area contributed by atoms with Gasteiger partial charge in [0.05, 0.1) is 5.69 Å². The summed E-state index contributed by atoms with van der Waals surface area (Å²) in [6, 6.07) is 12.1. The van der Waals surface area contributed by atoms with Crippen LogP contribution in [0.25, 0.3) is 22.4 Å². The average molecular weight is 373 g/mol. The van der Waals surface area contributed by atoms with E-state index in [0.29, 0.717) is 12.5 Å². The zero-order valence-electron chi connectivity index (χ0n) is 16.1. The van der Waals surface area contributed by atoms with Crippen LogP contribution in [0, 0.1) is 5.92 Å².